The average Bonchev–Trinajstić information content (AvgIpc) is 3.23. The number of aliphatic imine (C=N–C) groups is 1. The first-order valence-electron chi connectivity index (χ1n) is 9.38. The van der Waals surface area contributed by atoms with E-state index >= 15 is 0 Å². The van der Waals surface area contributed by atoms with Crippen molar-refractivity contribution in [2.24, 2.45) is 4.99 Å². The summed E-state index contributed by atoms with van der Waals surface area (Å²) in [6.07, 6.45) is 2.15. The molecule has 3 N–H and O–H groups in total. The summed E-state index contributed by atoms with van der Waals surface area (Å²) in [5, 5.41) is 20.4. The lowest BCUT2D eigenvalue weighted by Crippen LogP contribution is -2.48. The fraction of sp³-hybridized carbons (Fsp3) is 0.450. The van der Waals surface area contributed by atoms with Gasteiger partial charge in [0, 0.05) is 31.2 Å². The molecule has 0 bridgehead atoms. The summed E-state index contributed by atoms with van der Waals surface area (Å²) in [5.74, 6) is 1.74. The fourth-order valence-corrected chi connectivity index (χ4v) is 3.97. The number of nitrogens with one attached hydrogen (secondary N) is 2. The highest BCUT2D eigenvalue weighted by atomic mass is 127. The number of thiophene rings is 1. The molecule has 1 aliphatic rings. The van der Waals surface area contributed by atoms with E-state index < -0.39 is 0 Å². The van der Waals surface area contributed by atoms with Crippen molar-refractivity contribution in [3.63, 3.8) is 0 Å². The van der Waals surface area contributed by atoms with E-state index in [1.165, 1.54) is 5.00 Å². The van der Waals surface area contributed by atoms with E-state index in [9.17, 15) is 5.11 Å². The molecule has 2 aromatic rings. The molecule has 0 atom stereocenters. The number of aromatic hydroxyl groups is 1. The highest BCUT2D eigenvalue weighted by Crippen LogP contribution is 2.25. The van der Waals surface area contributed by atoms with Gasteiger partial charge >= 0.3 is 0 Å². The van der Waals surface area contributed by atoms with Crippen LogP contribution in [0.3, 0.4) is 0 Å². The van der Waals surface area contributed by atoms with Gasteiger partial charge < -0.3 is 25.4 Å². The Balaban J connectivity index is 0.00000280. The van der Waals surface area contributed by atoms with Gasteiger partial charge in [-0.05, 0) is 55.5 Å². The Hall–Kier alpha value is -1.68. The predicted molar refractivity (Wildman–Crippen MR) is 128 cm³/mol. The molecule has 0 aliphatic carbocycles. The summed E-state index contributed by atoms with van der Waals surface area (Å²) in [5.41, 5.74) is 0.749. The first-order valence-corrected chi connectivity index (χ1v) is 10.3. The van der Waals surface area contributed by atoms with Gasteiger partial charge in [0.15, 0.2) is 5.96 Å². The van der Waals surface area contributed by atoms with E-state index in [4.69, 9.17) is 4.74 Å². The largest absolute Gasteiger partial charge is 0.508 e. The number of ether oxygens (including phenoxy) is 1. The van der Waals surface area contributed by atoms with Crippen molar-refractivity contribution in [1.82, 2.24) is 10.6 Å². The monoisotopic (exact) mass is 516 g/mol. The third-order valence-corrected chi connectivity index (χ3v) is 5.62. The van der Waals surface area contributed by atoms with Crippen LogP contribution in [0.1, 0.15) is 25.3 Å². The summed E-state index contributed by atoms with van der Waals surface area (Å²) >= 11 is 1.80. The minimum Gasteiger partial charge on any atom is -0.508 e. The standard InChI is InChI=1S/C20H28N4O2S.HI/c1-3-21-20(22-14-15-13-17(26-2)6-7-18(15)25)23-16-8-10-24(11-9-16)19-5-4-12-27-19;/h4-7,12-13,16,25H,3,8-11,14H2,1-2H3,(H2,21,22,23);1H. The van der Waals surface area contributed by atoms with Crippen molar-refractivity contribution < 1.29 is 9.84 Å². The molecule has 0 radical (unpaired) electrons. The molecule has 0 unspecified atom stereocenters. The minimum absolute atomic E-state index is 0. The molecule has 2 heterocycles. The maximum atomic E-state index is 10.0. The molecule has 154 valence electrons. The molecule has 1 fully saturated rings. The number of guanidine groups is 1. The zero-order valence-corrected chi connectivity index (χ0v) is 19.5. The number of benzene rings is 1. The number of hydrogen-bond donors (Lipinski definition) is 3. The first-order chi connectivity index (χ1) is 13.2. The van der Waals surface area contributed by atoms with Gasteiger partial charge in [-0.15, -0.1) is 35.3 Å². The third-order valence-electron chi connectivity index (χ3n) is 4.69. The van der Waals surface area contributed by atoms with Crippen LogP contribution in [0.2, 0.25) is 0 Å². The quantitative estimate of drug-likeness (QED) is 0.310. The van der Waals surface area contributed by atoms with Crippen molar-refractivity contribution in [2.75, 3.05) is 31.6 Å². The van der Waals surface area contributed by atoms with Gasteiger partial charge in [-0.3, -0.25) is 0 Å². The predicted octanol–water partition coefficient (Wildman–Crippen LogP) is 3.80. The Bertz CT molecular complexity index is 747. The lowest BCUT2D eigenvalue weighted by Gasteiger charge is -2.33. The van der Waals surface area contributed by atoms with E-state index in [1.807, 2.05) is 6.07 Å². The van der Waals surface area contributed by atoms with Gasteiger partial charge in [0.25, 0.3) is 0 Å². The zero-order valence-electron chi connectivity index (χ0n) is 16.4. The molecule has 1 saturated heterocycles. The normalized spacial score (nSPS) is 15.1. The Morgan fingerprint density at radius 3 is 2.75 bits per heavy atom. The van der Waals surface area contributed by atoms with Gasteiger partial charge in [0.05, 0.1) is 18.7 Å². The van der Waals surface area contributed by atoms with Gasteiger partial charge in [-0.25, -0.2) is 4.99 Å². The summed E-state index contributed by atoms with van der Waals surface area (Å²) in [6.45, 7) is 5.35. The fourth-order valence-electron chi connectivity index (χ4n) is 3.19. The Morgan fingerprint density at radius 1 is 1.32 bits per heavy atom. The summed E-state index contributed by atoms with van der Waals surface area (Å²) < 4.78 is 5.23. The summed E-state index contributed by atoms with van der Waals surface area (Å²) in [6, 6.07) is 9.90. The average molecular weight is 516 g/mol. The second kappa shape index (κ2) is 11.4. The minimum atomic E-state index is 0. The van der Waals surface area contributed by atoms with E-state index in [0.717, 1.165) is 49.7 Å². The molecule has 0 saturated carbocycles. The molecule has 1 aromatic heterocycles. The summed E-state index contributed by atoms with van der Waals surface area (Å²) in [4.78, 5) is 7.10. The van der Waals surface area contributed by atoms with E-state index in [1.54, 1.807) is 30.6 Å². The molecule has 28 heavy (non-hydrogen) atoms. The van der Waals surface area contributed by atoms with Gasteiger partial charge in [-0.2, -0.15) is 0 Å². The van der Waals surface area contributed by atoms with Gasteiger partial charge in [-0.1, -0.05) is 0 Å². The van der Waals surface area contributed by atoms with E-state index in [0.29, 0.717) is 12.6 Å². The van der Waals surface area contributed by atoms with E-state index in [2.05, 4.69) is 45.0 Å². The number of methoxy groups -OCH3 is 1. The van der Waals surface area contributed by atoms with Crippen LogP contribution in [-0.2, 0) is 6.54 Å². The molecule has 3 rings (SSSR count). The van der Waals surface area contributed by atoms with Crippen LogP contribution in [-0.4, -0.2) is 43.9 Å². The molecule has 0 amide bonds. The number of piperidine rings is 1. The lowest BCUT2D eigenvalue weighted by molar-refractivity contribution is 0.411. The van der Waals surface area contributed by atoms with Crippen LogP contribution in [0.25, 0.3) is 0 Å². The Labute approximate surface area is 188 Å². The Kier molecular flexibility index (Phi) is 9.17. The van der Waals surface area contributed by atoms with Crippen LogP contribution >= 0.6 is 35.3 Å². The topological polar surface area (TPSA) is 69.1 Å². The van der Waals surface area contributed by atoms with Crippen molar-refractivity contribution in [3.05, 3.63) is 41.3 Å². The van der Waals surface area contributed by atoms with Crippen molar-refractivity contribution in [1.29, 1.82) is 0 Å². The van der Waals surface area contributed by atoms with Crippen LogP contribution < -0.4 is 20.3 Å². The second-order valence-corrected chi connectivity index (χ2v) is 7.47. The van der Waals surface area contributed by atoms with Crippen LogP contribution in [0.5, 0.6) is 11.5 Å². The number of rotatable bonds is 6. The SMILES string of the molecule is CCNC(=NCc1cc(OC)ccc1O)NC1CCN(c2cccs2)CC1.I. The van der Waals surface area contributed by atoms with Crippen molar-refractivity contribution in [2.45, 2.75) is 32.4 Å². The highest BCUT2D eigenvalue weighted by Gasteiger charge is 2.20. The smallest absolute Gasteiger partial charge is 0.191 e. The lowest BCUT2D eigenvalue weighted by atomic mass is 10.1. The van der Waals surface area contributed by atoms with Crippen LogP contribution in [0, 0.1) is 0 Å². The number of hydrogen-bond acceptors (Lipinski definition) is 5. The number of anilines is 1. The summed E-state index contributed by atoms with van der Waals surface area (Å²) in [7, 11) is 1.62. The highest BCUT2D eigenvalue weighted by molar-refractivity contribution is 14.0. The molecule has 1 aromatic carbocycles. The molecular formula is C20H29IN4O2S. The first kappa shape index (κ1) is 22.6. The maximum Gasteiger partial charge on any atom is 0.191 e. The zero-order chi connectivity index (χ0) is 19.1. The van der Waals surface area contributed by atoms with Gasteiger partial charge in [0.1, 0.15) is 11.5 Å². The second-order valence-electron chi connectivity index (χ2n) is 6.55. The molecular weight excluding hydrogens is 487 g/mol. The van der Waals surface area contributed by atoms with Gasteiger partial charge in [0.2, 0.25) is 0 Å². The van der Waals surface area contributed by atoms with E-state index in [-0.39, 0.29) is 29.7 Å². The Morgan fingerprint density at radius 2 is 2.11 bits per heavy atom. The van der Waals surface area contributed by atoms with Crippen molar-refractivity contribution >= 4 is 46.3 Å². The molecule has 1 aliphatic heterocycles. The number of nitrogens with zero attached hydrogens (tertiary/aromatic N) is 2. The van der Waals surface area contributed by atoms with Crippen molar-refractivity contribution in [3.8, 4) is 11.5 Å². The number of phenolic OH excluding ortho intramolecular Hbond substituents is 1. The van der Waals surface area contributed by atoms with Crippen LogP contribution in [0.15, 0.2) is 40.7 Å². The molecule has 6 nitrogen and oxygen atoms in total. The number of phenols is 1. The maximum absolute atomic E-state index is 10.0. The molecule has 0 spiro atoms. The third kappa shape index (κ3) is 6.16. The number of halogens is 1. The molecule has 8 heteroatoms. The van der Waals surface area contributed by atoms with Crippen LogP contribution in [0.4, 0.5) is 5.00 Å².